The van der Waals surface area contributed by atoms with Crippen LogP contribution in [0.15, 0.2) is 48.5 Å². The van der Waals surface area contributed by atoms with E-state index in [2.05, 4.69) is 48.2 Å². The minimum Gasteiger partial charge on any atom is -0.300 e. The van der Waals surface area contributed by atoms with E-state index in [1.165, 1.54) is 16.7 Å². The molecule has 1 aliphatic heterocycles. The second-order valence-electron chi connectivity index (χ2n) is 5.84. The molecular weight excluding hydrogens is 294 g/mol. The van der Waals surface area contributed by atoms with Gasteiger partial charge in [0, 0.05) is 37.0 Å². The van der Waals surface area contributed by atoms with Crippen LogP contribution < -0.4 is 0 Å². The monoisotopic (exact) mass is 313 g/mol. The average molecular weight is 314 g/mol. The zero-order chi connectivity index (χ0) is 15.5. The zero-order valence-corrected chi connectivity index (χ0v) is 13.5. The smallest absolute Gasteiger partial charge is 0.135 e. The van der Waals surface area contributed by atoms with Crippen LogP contribution in [-0.2, 0) is 4.79 Å². The normalized spacial score (nSPS) is 17.5. The van der Waals surface area contributed by atoms with Gasteiger partial charge in [-0.1, -0.05) is 48.0 Å². The van der Waals surface area contributed by atoms with Gasteiger partial charge in [0.15, 0.2) is 0 Å². The molecule has 2 aromatic rings. The summed E-state index contributed by atoms with van der Waals surface area (Å²) in [6.07, 6.45) is 1.35. The first-order chi connectivity index (χ1) is 10.6. The lowest BCUT2D eigenvalue weighted by molar-refractivity contribution is -0.121. The predicted octanol–water partition coefficient (Wildman–Crippen LogP) is 4.73. The SMILES string of the molecule is C[C@H](c1ccccc1-c1ccc(Cl)cc1)N1CCC(=O)CC1. The van der Waals surface area contributed by atoms with E-state index in [-0.39, 0.29) is 0 Å². The number of Topliss-reactive ketones (excluding diaryl/α,β-unsaturated/α-hetero) is 1. The number of piperidine rings is 1. The number of hydrogen-bond acceptors (Lipinski definition) is 2. The summed E-state index contributed by atoms with van der Waals surface area (Å²) in [6, 6.07) is 16.8. The van der Waals surface area contributed by atoms with Crippen LogP contribution in [0.2, 0.25) is 5.02 Å². The van der Waals surface area contributed by atoms with Crippen LogP contribution in [-0.4, -0.2) is 23.8 Å². The summed E-state index contributed by atoms with van der Waals surface area (Å²) in [5, 5.41) is 0.754. The van der Waals surface area contributed by atoms with Crippen LogP contribution >= 0.6 is 11.6 Å². The molecule has 0 unspecified atom stereocenters. The van der Waals surface area contributed by atoms with E-state index in [4.69, 9.17) is 11.6 Å². The summed E-state index contributed by atoms with van der Waals surface area (Å²) in [7, 11) is 0. The molecule has 0 amide bonds. The molecule has 22 heavy (non-hydrogen) atoms. The summed E-state index contributed by atoms with van der Waals surface area (Å²) < 4.78 is 0. The Kier molecular flexibility index (Phi) is 4.60. The molecule has 0 radical (unpaired) electrons. The van der Waals surface area contributed by atoms with E-state index in [1.54, 1.807) is 0 Å². The Hall–Kier alpha value is -1.64. The molecule has 1 saturated heterocycles. The van der Waals surface area contributed by atoms with Gasteiger partial charge in [0.2, 0.25) is 0 Å². The molecule has 1 heterocycles. The highest BCUT2D eigenvalue weighted by Gasteiger charge is 2.23. The van der Waals surface area contributed by atoms with Crippen LogP contribution in [0, 0.1) is 0 Å². The van der Waals surface area contributed by atoms with Crippen molar-refractivity contribution in [2.75, 3.05) is 13.1 Å². The summed E-state index contributed by atoms with van der Waals surface area (Å²) in [5.74, 6) is 0.384. The number of halogens is 1. The lowest BCUT2D eigenvalue weighted by Gasteiger charge is -2.33. The number of rotatable bonds is 3. The Bertz CT molecular complexity index is 655. The Labute approximate surface area is 136 Å². The Morgan fingerprint density at radius 2 is 1.64 bits per heavy atom. The van der Waals surface area contributed by atoms with Crippen molar-refractivity contribution >= 4 is 17.4 Å². The highest BCUT2D eigenvalue weighted by molar-refractivity contribution is 6.30. The van der Waals surface area contributed by atoms with Gasteiger partial charge in [-0.2, -0.15) is 0 Å². The van der Waals surface area contributed by atoms with Gasteiger partial charge in [-0.3, -0.25) is 9.69 Å². The fourth-order valence-electron chi connectivity index (χ4n) is 3.11. The van der Waals surface area contributed by atoms with Gasteiger partial charge in [0.25, 0.3) is 0 Å². The number of likely N-dealkylation sites (tertiary alicyclic amines) is 1. The largest absolute Gasteiger partial charge is 0.300 e. The van der Waals surface area contributed by atoms with Crippen molar-refractivity contribution in [2.45, 2.75) is 25.8 Å². The number of ketones is 1. The van der Waals surface area contributed by atoms with Crippen LogP contribution in [0.1, 0.15) is 31.4 Å². The van der Waals surface area contributed by atoms with Gasteiger partial charge < -0.3 is 0 Å². The molecule has 0 aromatic heterocycles. The van der Waals surface area contributed by atoms with Crippen molar-refractivity contribution in [3.63, 3.8) is 0 Å². The number of hydrogen-bond donors (Lipinski definition) is 0. The van der Waals surface area contributed by atoms with E-state index >= 15 is 0 Å². The summed E-state index contributed by atoms with van der Waals surface area (Å²) in [4.78, 5) is 13.8. The maximum Gasteiger partial charge on any atom is 0.135 e. The third kappa shape index (κ3) is 3.23. The van der Waals surface area contributed by atoms with Gasteiger partial charge >= 0.3 is 0 Å². The maximum absolute atomic E-state index is 11.4. The first kappa shape index (κ1) is 15.3. The summed E-state index contributed by atoms with van der Waals surface area (Å²) >= 11 is 6.00. The number of carbonyl (C=O) groups is 1. The molecule has 0 aliphatic carbocycles. The van der Waals surface area contributed by atoms with Crippen LogP contribution in [0.25, 0.3) is 11.1 Å². The van der Waals surface area contributed by atoms with E-state index < -0.39 is 0 Å². The molecule has 114 valence electrons. The summed E-state index contributed by atoms with van der Waals surface area (Å²) in [5.41, 5.74) is 3.72. The second kappa shape index (κ2) is 6.64. The summed E-state index contributed by atoms with van der Waals surface area (Å²) in [6.45, 7) is 3.94. The van der Waals surface area contributed by atoms with E-state index in [0.717, 1.165) is 18.1 Å². The fourth-order valence-corrected chi connectivity index (χ4v) is 3.24. The minimum absolute atomic E-state index is 0.306. The Morgan fingerprint density at radius 1 is 1.00 bits per heavy atom. The van der Waals surface area contributed by atoms with Crippen molar-refractivity contribution in [3.8, 4) is 11.1 Å². The van der Waals surface area contributed by atoms with Gasteiger partial charge in [-0.05, 0) is 35.7 Å². The third-order valence-corrected chi connectivity index (χ3v) is 4.72. The molecule has 0 bridgehead atoms. The highest BCUT2D eigenvalue weighted by atomic mass is 35.5. The Balaban J connectivity index is 1.90. The van der Waals surface area contributed by atoms with Crippen LogP contribution in [0.4, 0.5) is 0 Å². The molecule has 0 spiro atoms. The Morgan fingerprint density at radius 3 is 2.32 bits per heavy atom. The maximum atomic E-state index is 11.4. The molecule has 3 rings (SSSR count). The number of benzene rings is 2. The van der Waals surface area contributed by atoms with Gasteiger partial charge in [0.05, 0.1) is 0 Å². The minimum atomic E-state index is 0.306. The van der Waals surface area contributed by atoms with Crippen LogP contribution in [0.5, 0.6) is 0 Å². The lowest BCUT2D eigenvalue weighted by atomic mass is 9.94. The van der Waals surface area contributed by atoms with Crippen LogP contribution in [0.3, 0.4) is 0 Å². The van der Waals surface area contributed by atoms with Gasteiger partial charge in [0.1, 0.15) is 5.78 Å². The molecule has 0 saturated carbocycles. The van der Waals surface area contributed by atoms with Gasteiger partial charge in [-0.25, -0.2) is 0 Å². The predicted molar refractivity (Wildman–Crippen MR) is 91.1 cm³/mol. The quantitative estimate of drug-likeness (QED) is 0.816. The van der Waals surface area contributed by atoms with Crippen molar-refractivity contribution in [1.29, 1.82) is 0 Å². The van der Waals surface area contributed by atoms with Crippen molar-refractivity contribution in [1.82, 2.24) is 4.90 Å². The molecular formula is C19H20ClNO. The molecule has 1 aliphatic rings. The fraction of sp³-hybridized carbons (Fsp3) is 0.316. The third-order valence-electron chi connectivity index (χ3n) is 4.47. The zero-order valence-electron chi connectivity index (χ0n) is 12.8. The second-order valence-corrected chi connectivity index (χ2v) is 6.28. The first-order valence-electron chi connectivity index (χ1n) is 7.76. The van der Waals surface area contributed by atoms with Gasteiger partial charge in [-0.15, -0.1) is 0 Å². The topological polar surface area (TPSA) is 20.3 Å². The molecule has 3 heteroatoms. The molecule has 2 aromatic carbocycles. The molecule has 1 fully saturated rings. The lowest BCUT2D eigenvalue weighted by Crippen LogP contribution is -2.35. The first-order valence-corrected chi connectivity index (χ1v) is 8.13. The van der Waals surface area contributed by atoms with E-state index in [0.29, 0.717) is 24.7 Å². The van der Waals surface area contributed by atoms with E-state index in [9.17, 15) is 4.79 Å². The number of nitrogens with zero attached hydrogens (tertiary/aromatic N) is 1. The highest BCUT2D eigenvalue weighted by Crippen LogP contribution is 2.32. The average Bonchev–Trinajstić information content (AvgIpc) is 2.56. The van der Waals surface area contributed by atoms with Crippen molar-refractivity contribution in [3.05, 3.63) is 59.1 Å². The van der Waals surface area contributed by atoms with Crippen molar-refractivity contribution in [2.24, 2.45) is 0 Å². The molecule has 1 atom stereocenters. The number of carbonyl (C=O) groups excluding carboxylic acids is 1. The molecule has 2 nitrogen and oxygen atoms in total. The van der Waals surface area contributed by atoms with E-state index in [1.807, 2.05) is 12.1 Å². The standard InChI is InChI=1S/C19H20ClNO/c1-14(21-12-10-17(22)11-13-21)18-4-2-3-5-19(18)15-6-8-16(20)9-7-15/h2-9,14H,10-13H2,1H3/t14-/m1/s1. The van der Waals surface area contributed by atoms with Crippen molar-refractivity contribution < 1.29 is 4.79 Å². The molecule has 0 N–H and O–H groups in total.